The molecule has 0 heterocycles. The number of hydrogen-bond acceptors (Lipinski definition) is 3. The van der Waals surface area contributed by atoms with Crippen LogP contribution in [0.3, 0.4) is 0 Å². The van der Waals surface area contributed by atoms with E-state index in [0.717, 1.165) is 4.47 Å². The van der Waals surface area contributed by atoms with Crippen LogP contribution in [0.5, 0.6) is 11.5 Å². The van der Waals surface area contributed by atoms with Crippen LogP contribution >= 0.6 is 15.9 Å². The molecular weight excluding hydrogens is 280 g/mol. The smallest absolute Gasteiger partial charge is 0.145 e. The highest BCUT2D eigenvalue weighted by molar-refractivity contribution is 9.10. The second kappa shape index (κ2) is 4.89. The second-order valence-corrected chi connectivity index (χ2v) is 4.34. The van der Waals surface area contributed by atoms with Gasteiger partial charge in [0.2, 0.25) is 0 Å². The van der Waals surface area contributed by atoms with Crippen molar-refractivity contribution < 1.29 is 4.74 Å². The molecule has 0 aliphatic heterocycles. The van der Waals surface area contributed by atoms with Gasteiger partial charge >= 0.3 is 0 Å². The fourth-order valence-corrected chi connectivity index (χ4v) is 1.76. The van der Waals surface area contributed by atoms with Crippen molar-refractivity contribution in [1.29, 1.82) is 5.26 Å². The molecule has 3 nitrogen and oxygen atoms in total. The molecule has 0 bridgehead atoms. The van der Waals surface area contributed by atoms with Gasteiger partial charge in [0.1, 0.15) is 17.6 Å². The van der Waals surface area contributed by atoms with Crippen LogP contribution < -0.4 is 10.5 Å². The number of nitriles is 1. The molecule has 0 atom stereocenters. The van der Waals surface area contributed by atoms with E-state index in [2.05, 4.69) is 22.0 Å². The predicted molar refractivity (Wildman–Crippen MR) is 69.8 cm³/mol. The van der Waals surface area contributed by atoms with E-state index in [0.29, 0.717) is 22.7 Å². The van der Waals surface area contributed by atoms with Crippen LogP contribution in [0.1, 0.15) is 5.56 Å². The minimum Gasteiger partial charge on any atom is -0.456 e. The molecule has 0 unspecified atom stereocenters. The SMILES string of the molecule is N#Cc1cc(N)ccc1Oc1cccc(Br)c1. The Labute approximate surface area is 108 Å². The van der Waals surface area contributed by atoms with Gasteiger partial charge in [-0.05, 0) is 36.4 Å². The minimum absolute atomic E-state index is 0.421. The van der Waals surface area contributed by atoms with Crippen LogP contribution in [0.2, 0.25) is 0 Å². The van der Waals surface area contributed by atoms with E-state index in [1.807, 2.05) is 24.3 Å². The van der Waals surface area contributed by atoms with Crippen molar-refractivity contribution in [1.82, 2.24) is 0 Å². The molecule has 0 aliphatic rings. The highest BCUT2D eigenvalue weighted by Crippen LogP contribution is 2.28. The molecule has 0 fully saturated rings. The lowest BCUT2D eigenvalue weighted by Gasteiger charge is -2.08. The molecule has 0 amide bonds. The Hall–Kier alpha value is -1.99. The molecule has 0 spiro atoms. The summed E-state index contributed by atoms with van der Waals surface area (Å²) in [5, 5.41) is 8.98. The van der Waals surface area contributed by atoms with Crippen LogP contribution in [0.15, 0.2) is 46.9 Å². The zero-order chi connectivity index (χ0) is 12.3. The van der Waals surface area contributed by atoms with Crippen molar-refractivity contribution in [2.75, 3.05) is 5.73 Å². The normalized spacial score (nSPS) is 9.65. The fraction of sp³-hybridized carbons (Fsp3) is 0. The van der Waals surface area contributed by atoms with Crippen molar-refractivity contribution in [3.8, 4) is 17.6 Å². The lowest BCUT2D eigenvalue weighted by Crippen LogP contribution is -1.91. The molecule has 0 aromatic heterocycles. The molecule has 2 aromatic carbocycles. The Kier molecular flexibility index (Phi) is 3.31. The van der Waals surface area contributed by atoms with Crippen molar-refractivity contribution in [3.63, 3.8) is 0 Å². The molecule has 0 aliphatic carbocycles. The molecule has 0 radical (unpaired) electrons. The van der Waals surface area contributed by atoms with Crippen molar-refractivity contribution in [2.24, 2.45) is 0 Å². The summed E-state index contributed by atoms with van der Waals surface area (Å²) in [5.41, 5.74) is 6.57. The Balaban J connectivity index is 2.34. The molecule has 2 N–H and O–H groups in total. The van der Waals surface area contributed by atoms with E-state index >= 15 is 0 Å². The van der Waals surface area contributed by atoms with Gasteiger partial charge in [0.05, 0.1) is 5.56 Å². The number of nitrogens with zero attached hydrogens (tertiary/aromatic N) is 1. The Morgan fingerprint density at radius 2 is 2.00 bits per heavy atom. The molecule has 0 saturated carbocycles. The zero-order valence-corrected chi connectivity index (χ0v) is 10.4. The molecule has 0 saturated heterocycles. The maximum Gasteiger partial charge on any atom is 0.145 e. The number of nitrogen functional groups attached to an aromatic ring is 1. The van der Waals surface area contributed by atoms with Crippen molar-refractivity contribution >= 4 is 21.6 Å². The Morgan fingerprint density at radius 3 is 2.71 bits per heavy atom. The maximum absolute atomic E-state index is 8.98. The maximum atomic E-state index is 8.98. The topological polar surface area (TPSA) is 59.0 Å². The standard InChI is InChI=1S/C13H9BrN2O/c14-10-2-1-3-12(7-10)17-13-5-4-11(16)6-9(13)8-15/h1-7H,16H2. The lowest BCUT2D eigenvalue weighted by atomic mass is 10.2. The fourth-order valence-electron chi connectivity index (χ4n) is 1.38. The number of ether oxygens (including phenoxy) is 1. The quantitative estimate of drug-likeness (QED) is 0.858. The number of anilines is 1. The summed E-state index contributed by atoms with van der Waals surface area (Å²) in [5.74, 6) is 1.17. The van der Waals surface area contributed by atoms with Gasteiger partial charge in [0, 0.05) is 10.2 Å². The largest absolute Gasteiger partial charge is 0.456 e. The number of rotatable bonds is 2. The van der Waals surface area contributed by atoms with E-state index in [1.165, 1.54) is 0 Å². The van der Waals surface area contributed by atoms with E-state index in [4.69, 9.17) is 15.7 Å². The Bertz CT molecular complexity index is 590. The number of benzene rings is 2. The van der Waals surface area contributed by atoms with Crippen molar-refractivity contribution in [3.05, 3.63) is 52.5 Å². The number of nitrogens with two attached hydrogens (primary N) is 1. The van der Waals surface area contributed by atoms with Gasteiger partial charge in [-0.2, -0.15) is 5.26 Å². The first-order valence-corrected chi connectivity index (χ1v) is 5.71. The first-order chi connectivity index (χ1) is 8.19. The molecule has 2 rings (SSSR count). The summed E-state index contributed by atoms with van der Waals surface area (Å²) in [6.45, 7) is 0. The van der Waals surface area contributed by atoms with Gasteiger partial charge in [0.15, 0.2) is 0 Å². The summed E-state index contributed by atoms with van der Waals surface area (Å²) < 4.78 is 6.55. The Morgan fingerprint density at radius 1 is 1.18 bits per heavy atom. The van der Waals surface area contributed by atoms with Crippen LogP contribution in [-0.2, 0) is 0 Å². The van der Waals surface area contributed by atoms with Gasteiger partial charge in [-0.1, -0.05) is 22.0 Å². The average molecular weight is 289 g/mol. The molecule has 4 heteroatoms. The first-order valence-electron chi connectivity index (χ1n) is 4.92. The monoisotopic (exact) mass is 288 g/mol. The third-order valence-corrected chi connectivity index (χ3v) is 2.64. The second-order valence-electron chi connectivity index (χ2n) is 3.43. The summed E-state index contributed by atoms with van der Waals surface area (Å²) in [6, 6.07) is 14.5. The van der Waals surface area contributed by atoms with Gasteiger partial charge in [0.25, 0.3) is 0 Å². The van der Waals surface area contributed by atoms with Gasteiger partial charge in [-0.15, -0.1) is 0 Å². The van der Waals surface area contributed by atoms with Gasteiger partial charge in [-0.3, -0.25) is 0 Å². The van der Waals surface area contributed by atoms with E-state index in [1.54, 1.807) is 18.2 Å². The van der Waals surface area contributed by atoms with E-state index in [9.17, 15) is 0 Å². The van der Waals surface area contributed by atoms with Crippen LogP contribution in [0.4, 0.5) is 5.69 Å². The highest BCUT2D eigenvalue weighted by Gasteiger charge is 2.05. The zero-order valence-electron chi connectivity index (χ0n) is 8.85. The summed E-state index contributed by atoms with van der Waals surface area (Å²) in [7, 11) is 0. The highest BCUT2D eigenvalue weighted by atomic mass is 79.9. The minimum atomic E-state index is 0.421. The first kappa shape index (κ1) is 11.5. The molecular formula is C13H9BrN2O. The van der Waals surface area contributed by atoms with Crippen LogP contribution in [-0.4, -0.2) is 0 Å². The van der Waals surface area contributed by atoms with E-state index in [-0.39, 0.29) is 0 Å². The predicted octanol–water partition coefficient (Wildman–Crippen LogP) is 3.70. The number of hydrogen-bond donors (Lipinski definition) is 1. The van der Waals surface area contributed by atoms with Crippen molar-refractivity contribution in [2.45, 2.75) is 0 Å². The lowest BCUT2D eigenvalue weighted by molar-refractivity contribution is 0.481. The number of halogens is 1. The van der Waals surface area contributed by atoms with Gasteiger partial charge in [-0.25, -0.2) is 0 Å². The van der Waals surface area contributed by atoms with E-state index < -0.39 is 0 Å². The molecule has 2 aromatic rings. The van der Waals surface area contributed by atoms with Crippen LogP contribution in [0, 0.1) is 11.3 Å². The summed E-state index contributed by atoms with van der Waals surface area (Å²) in [4.78, 5) is 0. The third-order valence-electron chi connectivity index (χ3n) is 2.15. The summed E-state index contributed by atoms with van der Waals surface area (Å²) in [6.07, 6.45) is 0. The molecule has 84 valence electrons. The average Bonchev–Trinajstić information content (AvgIpc) is 2.31. The van der Waals surface area contributed by atoms with Crippen LogP contribution in [0.25, 0.3) is 0 Å². The molecule has 17 heavy (non-hydrogen) atoms. The van der Waals surface area contributed by atoms with Gasteiger partial charge < -0.3 is 10.5 Å². The third kappa shape index (κ3) is 2.77. The summed E-state index contributed by atoms with van der Waals surface area (Å²) >= 11 is 3.36.